The van der Waals surface area contributed by atoms with Gasteiger partial charge in [-0.25, -0.2) is 4.39 Å². The van der Waals surface area contributed by atoms with Crippen LogP contribution in [0, 0.1) is 5.82 Å². The minimum absolute atomic E-state index is 0.150. The van der Waals surface area contributed by atoms with Gasteiger partial charge in [-0.1, -0.05) is 72.8 Å². The lowest BCUT2D eigenvalue weighted by atomic mass is 10.0. The van der Waals surface area contributed by atoms with Gasteiger partial charge >= 0.3 is 0 Å². The van der Waals surface area contributed by atoms with E-state index in [1.54, 1.807) is 17.0 Å². The molecule has 0 spiro atoms. The molecule has 1 unspecified atom stereocenters. The topological polar surface area (TPSA) is 49.4 Å². The third kappa shape index (κ3) is 6.51. The van der Waals surface area contributed by atoms with E-state index < -0.39 is 6.04 Å². The molecule has 0 aromatic heterocycles. The molecule has 3 aromatic carbocycles. The number of rotatable bonds is 9. The van der Waals surface area contributed by atoms with Crippen molar-refractivity contribution in [2.45, 2.75) is 32.4 Å². The molecular formula is C26H27FN2O2. The van der Waals surface area contributed by atoms with Crippen LogP contribution in [0.5, 0.6) is 0 Å². The van der Waals surface area contributed by atoms with E-state index in [9.17, 15) is 14.0 Å². The first-order valence-corrected chi connectivity index (χ1v) is 10.5. The number of amides is 2. The van der Waals surface area contributed by atoms with Crippen molar-refractivity contribution in [2.75, 3.05) is 6.54 Å². The molecule has 0 heterocycles. The molecule has 0 saturated heterocycles. The second-order valence-electron chi connectivity index (χ2n) is 7.41. The molecular weight excluding hydrogens is 391 g/mol. The summed E-state index contributed by atoms with van der Waals surface area (Å²) in [5.74, 6) is -0.687. The van der Waals surface area contributed by atoms with Crippen LogP contribution in [0.25, 0.3) is 0 Å². The Morgan fingerprint density at radius 1 is 0.839 bits per heavy atom. The number of nitrogens with one attached hydrogen (secondary N) is 1. The van der Waals surface area contributed by atoms with Gasteiger partial charge in [-0.3, -0.25) is 9.59 Å². The molecule has 0 radical (unpaired) electrons. The maximum Gasteiger partial charge on any atom is 0.243 e. The summed E-state index contributed by atoms with van der Waals surface area (Å²) in [7, 11) is 0. The quantitative estimate of drug-likeness (QED) is 0.568. The molecule has 31 heavy (non-hydrogen) atoms. The van der Waals surface area contributed by atoms with Crippen molar-refractivity contribution < 1.29 is 14.0 Å². The molecule has 160 valence electrons. The smallest absolute Gasteiger partial charge is 0.243 e. The summed E-state index contributed by atoms with van der Waals surface area (Å²) in [6.07, 6.45) is 0.584. The van der Waals surface area contributed by atoms with Gasteiger partial charge in [-0.15, -0.1) is 0 Å². The number of halogens is 1. The molecule has 3 rings (SSSR count). The van der Waals surface area contributed by atoms with Gasteiger partial charge in [-0.05, 0) is 35.7 Å². The number of carbonyl (C=O) groups is 2. The summed E-state index contributed by atoms with van der Waals surface area (Å²) in [5.41, 5.74) is 2.62. The molecule has 3 aromatic rings. The van der Waals surface area contributed by atoms with Gasteiger partial charge in [-0.2, -0.15) is 0 Å². The molecule has 0 aliphatic rings. The van der Waals surface area contributed by atoms with E-state index in [0.29, 0.717) is 13.0 Å². The molecule has 0 bridgehead atoms. The number of likely N-dealkylation sites (N-methyl/N-ethyl adjacent to an activating group) is 1. The third-order valence-corrected chi connectivity index (χ3v) is 5.09. The van der Waals surface area contributed by atoms with Crippen LogP contribution < -0.4 is 5.32 Å². The summed E-state index contributed by atoms with van der Waals surface area (Å²) in [6.45, 7) is 2.55. The van der Waals surface area contributed by atoms with Crippen LogP contribution in [0.1, 0.15) is 23.6 Å². The van der Waals surface area contributed by atoms with Crippen molar-refractivity contribution >= 4 is 11.8 Å². The summed E-state index contributed by atoms with van der Waals surface area (Å²) < 4.78 is 13.4. The minimum atomic E-state index is -0.677. The third-order valence-electron chi connectivity index (χ3n) is 5.09. The number of carbonyl (C=O) groups excluding carboxylic acids is 2. The van der Waals surface area contributed by atoms with Crippen LogP contribution in [0.15, 0.2) is 84.9 Å². The molecule has 0 aliphatic heterocycles. The highest BCUT2D eigenvalue weighted by Crippen LogP contribution is 2.17. The molecule has 1 atom stereocenters. The predicted octanol–water partition coefficient (Wildman–Crippen LogP) is 4.14. The van der Waals surface area contributed by atoms with Crippen LogP contribution in [0.4, 0.5) is 4.39 Å². The molecule has 0 aliphatic carbocycles. The molecule has 0 fully saturated rings. The lowest BCUT2D eigenvalue weighted by Gasteiger charge is -2.31. The fraction of sp³-hybridized carbons (Fsp3) is 0.231. The SMILES string of the molecule is CCNC(=O)C(Cc1ccccc1)N(Cc1ccc(F)cc1)C(=O)Cc1ccccc1. The molecule has 4 nitrogen and oxygen atoms in total. The molecule has 5 heteroatoms. The Labute approximate surface area is 182 Å². The first kappa shape index (κ1) is 22.2. The Balaban J connectivity index is 1.93. The molecule has 1 N–H and O–H groups in total. The van der Waals surface area contributed by atoms with Gasteiger partial charge in [0, 0.05) is 19.5 Å². The fourth-order valence-electron chi connectivity index (χ4n) is 3.50. The Morgan fingerprint density at radius 2 is 1.42 bits per heavy atom. The van der Waals surface area contributed by atoms with Crippen molar-refractivity contribution in [2.24, 2.45) is 0 Å². The summed E-state index contributed by atoms with van der Waals surface area (Å²) >= 11 is 0. The fourth-order valence-corrected chi connectivity index (χ4v) is 3.50. The highest BCUT2D eigenvalue weighted by atomic mass is 19.1. The normalized spacial score (nSPS) is 11.5. The zero-order valence-electron chi connectivity index (χ0n) is 17.6. The minimum Gasteiger partial charge on any atom is -0.355 e. The maximum atomic E-state index is 13.4. The standard InChI is InChI=1S/C26H27FN2O2/c1-2-28-26(31)24(17-20-9-5-3-6-10-20)29(19-22-13-15-23(27)16-14-22)25(30)18-21-11-7-4-8-12-21/h3-16,24H,2,17-19H2,1H3,(H,28,31). The lowest BCUT2D eigenvalue weighted by Crippen LogP contribution is -2.50. The van der Waals surface area contributed by atoms with E-state index in [-0.39, 0.29) is 30.6 Å². The van der Waals surface area contributed by atoms with Crippen LogP contribution in [0.2, 0.25) is 0 Å². The number of hydrogen-bond acceptors (Lipinski definition) is 2. The van der Waals surface area contributed by atoms with Crippen molar-refractivity contribution in [3.63, 3.8) is 0 Å². The van der Waals surface area contributed by atoms with Crippen LogP contribution in [-0.4, -0.2) is 29.3 Å². The summed E-state index contributed by atoms with van der Waals surface area (Å²) in [5, 5.41) is 2.87. The van der Waals surface area contributed by atoms with Gasteiger partial charge in [0.25, 0.3) is 0 Å². The van der Waals surface area contributed by atoms with E-state index in [2.05, 4.69) is 5.32 Å². The molecule has 2 amide bonds. The number of nitrogens with zero attached hydrogens (tertiary/aromatic N) is 1. The average molecular weight is 419 g/mol. The Bertz CT molecular complexity index is 975. The van der Waals surface area contributed by atoms with Crippen LogP contribution >= 0.6 is 0 Å². The summed E-state index contributed by atoms with van der Waals surface area (Å²) in [6, 6.07) is 24.5. The average Bonchev–Trinajstić information content (AvgIpc) is 2.79. The Hall–Kier alpha value is -3.47. The van der Waals surface area contributed by atoms with E-state index in [0.717, 1.165) is 16.7 Å². The van der Waals surface area contributed by atoms with E-state index in [4.69, 9.17) is 0 Å². The van der Waals surface area contributed by atoms with Crippen molar-refractivity contribution in [3.05, 3.63) is 107 Å². The predicted molar refractivity (Wildman–Crippen MR) is 120 cm³/mol. The van der Waals surface area contributed by atoms with Crippen molar-refractivity contribution in [1.29, 1.82) is 0 Å². The highest BCUT2D eigenvalue weighted by Gasteiger charge is 2.30. The number of benzene rings is 3. The highest BCUT2D eigenvalue weighted by molar-refractivity contribution is 5.88. The second-order valence-corrected chi connectivity index (χ2v) is 7.41. The second kappa shape index (κ2) is 11.1. The number of hydrogen-bond donors (Lipinski definition) is 1. The monoisotopic (exact) mass is 418 g/mol. The van der Waals surface area contributed by atoms with E-state index in [1.165, 1.54) is 12.1 Å². The Morgan fingerprint density at radius 3 is 2.00 bits per heavy atom. The first-order chi connectivity index (χ1) is 15.1. The van der Waals surface area contributed by atoms with Gasteiger partial charge in [0.05, 0.1) is 6.42 Å². The first-order valence-electron chi connectivity index (χ1n) is 10.5. The Kier molecular flexibility index (Phi) is 7.93. The van der Waals surface area contributed by atoms with Crippen molar-refractivity contribution in [1.82, 2.24) is 10.2 Å². The zero-order valence-corrected chi connectivity index (χ0v) is 17.6. The van der Waals surface area contributed by atoms with Crippen LogP contribution in [-0.2, 0) is 29.0 Å². The largest absolute Gasteiger partial charge is 0.355 e. The summed E-state index contributed by atoms with van der Waals surface area (Å²) in [4.78, 5) is 28.0. The van der Waals surface area contributed by atoms with Crippen molar-refractivity contribution in [3.8, 4) is 0 Å². The lowest BCUT2D eigenvalue weighted by molar-refractivity contribution is -0.140. The zero-order chi connectivity index (χ0) is 22.1. The van der Waals surface area contributed by atoms with E-state index in [1.807, 2.05) is 67.6 Å². The maximum absolute atomic E-state index is 13.4. The van der Waals surface area contributed by atoms with Gasteiger partial charge in [0.15, 0.2) is 0 Å². The van der Waals surface area contributed by atoms with Crippen LogP contribution in [0.3, 0.4) is 0 Å². The van der Waals surface area contributed by atoms with E-state index >= 15 is 0 Å². The molecule has 0 saturated carbocycles. The van der Waals surface area contributed by atoms with Gasteiger partial charge in [0.2, 0.25) is 11.8 Å². The van der Waals surface area contributed by atoms with Gasteiger partial charge in [0.1, 0.15) is 11.9 Å². The van der Waals surface area contributed by atoms with Gasteiger partial charge < -0.3 is 10.2 Å².